The number of thiazole rings is 1. The molecule has 8 nitrogen and oxygen atoms in total. The molecule has 1 amide bonds. The minimum absolute atomic E-state index is 0.000804. The number of hydrogen-bond acceptors (Lipinski definition) is 7. The van der Waals surface area contributed by atoms with E-state index < -0.39 is 10.8 Å². The molecule has 0 atom stereocenters. The number of nitrogens with zero attached hydrogens (tertiary/aromatic N) is 3. The van der Waals surface area contributed by atoms with E-state index in [4.69, 9.17) is 9.47 Å². The van der Waals surface area contributed by atoms with Gasteiger partial charge in [0.2, 0.25) is 0 Å². The predicted molar refractivity (Wildman–Crippen MR) is 124 cm³/mol. The number of carbonyl (C=O) groups excluding carboxylic acids is 1. The summed E-state index contributed by atoms with van der Waals surface area (Å²) in [5.74, 6) is 1.67. The molecule has 0 fully saturated rings. The maximum atomic E-state index is 12.5. The highest BCUT2D eigenvalue weighted by Crippen LogP contribution is 2.33. The molecule has 2 aromatic carbocycles. The van der Waals surface area contributed by atoms with Gasteiger partial charge in [0.05, 0.1) is 29.4 Å². The topological polar surface area (TPSA) is 96.0 Å². The normalized spacial score (nSPS) is 11.9. The minimum atomic E-state index is -0.466. The molecule has 0 aliphatic rings. The van der Waals surface area contributed by atoms with E-state index in [1.165, 1.54) is 29.5 Å². The van der Waals surface area contributed by atoms with Crippen LogP contribution in [0.4, 0.5) is 5.69 Å². The fourth-order valence-electron chi connectivity index (χ4n) is 2.89. The summed E-state index contributed by atoms with van der Waals surface area (Å²) in [5.41, 5.74) is 1.59. The first-order valence-corrected chi connectivity index (χ1v) is 11.4. The summed E-state index contributed by atoms with van der Waals surface area (Å²) in [6, 6.07) is 9.72. The minimum Gasteiger partial charge on any atom is -0.493 e. The summed E-state index contributed by atoms with van der Waals surface area (Å²) < 4.78 is 13.7. The van der Waals surface area contributed by atoms with Crippen molar-refractivity contribution in [1.82, 2.24) is 4.57 Å². The monoisotopic (exact) mass is 459 g/mol. The van der Waals surface area contributed by atoms with Gasteiger partial charge in [0, 0.05) is 42.6 Å². The molecule has 0 aliphatic heterocycles. The number of rotatable bonds is 8. The number of methoxy groups -OCH3 is 2. The predicted octanol–water partition coefficient (Wildman–Crippen LogP) is 4.13. The highest BCUT2D eigenvalue weighted by atomic mass is 32.2. The van der Waals surface area contributed by atoms with Crippen molar-refractivity contribution >= 4 is 51.0 Å². The van der Waals surface area contributed by atoms with E-state index in [1.54, 1.807) is 44.2 Å². The Kier molecular flexibility index (Phi) is 7.48. The molecular formula is C21H21N3O5S2. The molecule has 0 radical (unpaired) electrons. The molecule has 3 rings (SSSR count). The maximum Gasteiger partial charge on any atom is 0.272 e. The fourth-order valence-corrected chi connectivity index (χ4v) is 4.32. The van der Waals surface area contributed by atoms with E-state index in [-0.39, 0.29) is 5.69 Å². The Morgan fingerprint density at radius 2 is 1.90 bits per heavy atom. The average Bonchev–Trinajstić information content (AvgIpc) is 3.10. The van der Waals surface area contributed by atoms with Crippen molar-refractivity contribution in [2.45, 2.75) is 6.54 Å². The average molecular weight is 460 g/mol. The Morgan fingerprint density at radius 1 is 1.23 bits per heavy atom. The van der Waals surface area contributed by atoms with Gasteiger partial charge in [0.25, 0.3) is 11.6 Å². The second kappa shape index (κ2) is 10.3. The van der Waals surface area contributed by atoms with Crippen LogP contribution in [-0.4, -0.2) is 41.6 Å². The maximum absolute atomic E-state index is 12.5. The summed E-state index contributed by atoms with van der Waals surface area (Å²) in [4.78, 5) is 27.6. The Balaban J connectivity index is 1.97. The van der Waals surface area contributed by atoms with Gasteiger partial charge < -0.3 is 14.0 Å². The van der Waals surface area contributed by atoms with Crippen LogP contribution in [0.1, 0.15) is 5.56 Å². The van der Waals surface area contributed by atoms with Crippen molar-refractivity contribution in [3.05, 3.63) is 63.0 Å². The van der Waals surface area contributed by atoms with Crippen LogP contribution in [-0.2, 0) is 11.3 Å². The van der Waals surface area contributed by atoms with Crippen LogP contribution >= 0.6 is 23.1 Å². The zero-order valence-electron chi connectivity index (χ0n) is 17.2. The summed E-state index contributed by atoms with van der Waals surface area (Å²) in [6.45, 7) is 0.689. The third-order valence-electron chi connectivity index (χ3n) is 4.44. The summed E-state index contributed by atoms with van der Waals surface area (Å²) >= 11 is 3.10. The quantitative estimate of drug-likeness (QED) is 0.285. The molecule has 0 unspecified atom stereocenters. The van der Waals surface area contributed by atoms with Gasteiger partial charge >= 0.3 is 0 Å². The van der Waals surface area contributed by atoms with Gasteiger partial charge in [-0.3, -0.25) is 14.9 Å². The van der Waals surface area contributed by atoms with Gasteiger partial charge in [-0.2, -0.15) is 16.8 Å². The third kappa shape index (κ3) is 5.33. The van der Waals surface area contributed by atoms with Gasteiger partial charge in [0.15, 0.2) is 16.3 Å². The molecule has 162 valence electrons. The van der Waals surface area contributed by atoms with E-state index in [1.807, 2.05) is 23.0 Å². The van der Waals surface area contributed by atoms with Gasteiger partial charge in [-0.25, -0.2) is 0 Å². The van der Waals surface area contributed by atoms with Crippen molar-refractivity contribution in [2.75, 3.05) is 26.2 Å². The van der Waals surface area contributed by atoms with Crippen LogP contribution in [0.15, 0.2) is 47.5 Å². The molecule has 1 heterocycles. The van der Waals surface area contributed by atoms with E-state index >= 15 is 0 Å². The number of fused-ring (bicyclic) bond motifs is 1. The summed E-state index contributed by atoms with van der Waals surface area (Å²) in [5, 5.41) is 10.7. The van der Waals surface area contributed by atoms with Crippen LogP contribution in [0.5, 0.6) is 11.5 Å². The second-order valence-corrected chi connectivity index (χ2v) is 8.33. The van der Waals surface area contributed by atoms with Crippen LogP contribution in [0.25, 0.3) is 16.3 Å². The smallest absolute Gasteiger partial charge is 0.272 e. The molecule has 0 aliphatic carbocycles. The SMILES string of the molecule is COc1cc2sc(=NC(=O)/C=C/c3ccc([N+](=O)[O-])cc3)n(CCSC)c2cc1OC. The molecule has 10 heteroatoms. The Labute approximate surface area is 187 Å². The number of nitro groups is 1. The zero-order chi connectivity index (χ0) is 22.4. The number of thioether (sulfide) groups is 1. The van der Waals surface area contributed by atoms with Crippen molar-refractivity contribution < 1.29 is 19.2 Å². The lowest BCUT2D eigenvalue weighted by molar-refractivity contribution is -0.384. The van der Waals surface area contributed by atoms with E-state index in [9.17, 15) is 14.9 Å². The lowest BCUT2D eigenvalue weighted by atomic mass is 10.2. The van der Waals surface area contributed by atoms with Crippen LogP contribution in [0.3, 0.4) is 0 Å². The van der Waals surface area contributed by atoms with E-state index in [0.717, 1.165) is 16.0 Å². The van der Waals surface area contributed by atoms with Crippen LogP contribution in [0, 0.1) is 10.1 Å². The van der Waals surface area contributed by atoms with Crippen LogP contribution < -0.4 is 14.3 Å². The first-order valence-electron chi connectivity index (χ1n) is 9.22. The molecule has 31 heavy (non-hydrogen) atoms. The summed E-state index contributed by atoms with van der Waals surface area (Å²) in [7, 11) is 3.16. The Bertz CT molecular complexity index is 1200. The van der Waals surface area contributed by atoms with Gasteiger partial charge in [-0.1, -0.05) is 11.3 Å². The number of aromatic nitrogens is 1. The molecule has 1 aromatic heterocycles. The molecule has 0 saturated carbocycles. The van der Waals surface area contributed by atoms with E-state index in [2.05, 4.69) is 4.99 Å². The molecule has 0 saturated heterocycles. The third-order valence-corrected chi connectivity index (χ3v) is 6.07. The molecule has 0 bridgehead atoms. The van der Waals surface area contributed by atoms with Crippen molar-refractivity contribution in [1.29, 1.82) is 0 Å². The highest BCUT2D eigenvalue weighted by Gasteiger charge is 2.13. The number of hydrogen-bond donors (Lipinski definition) is 0. The standard InChI is InChI=1S/C21H21N3O5S2/c1-28-17-12-16-19(13-18(17)29-2)31-21(23(16)10-11-30-3)22-20(25)9-6-14-4-7-15(8-5-14)24(26)27/h4-9,12-13H,10-11H2,1-3H3/b9-6+,22-21?. The highest BCUT2D eigenvalue weighted by molar-refractivity contribution is 7.98. The van der Waals surface area contributed by atoms with E-state index in [0.29, 0.717) is 28.4 Å². The van der Waals surface area contributed by atoms with Crippen molar-refractivity contribution in [3.63, 3.8) is 0 Å². The molecule has 3 aromatic rings. The number of nitro benzene ring substituents is 1. The van der Waals surface area contributed by atoms with Gasteiger partial charge in [-0.05, 0) is 30.0 Å². The number of non-ortho nitro benzene ring substituents is 1. The molecule has 0 N–H and O–H groups in total. The number of amides is 1. The van der Waals surface area contributed by atoms with Crippen molar-refractivity contribution in [2.24, 2.45) is 4.99 Å². The molecular weight excluding hydrogens is 438 g/mol. The van der Waals surface area contributed by atoms with Gasteiger partial charge in [0.1, 0.15) is 0 Å². The first kappa shape index (κ1) is 22.6. The number of aryl methyl sites for hydroxylation is 1. The number of ether oxygens (including phenoxy) is 2. The first-order chi connectivity index (χ1) is 15.0. The Hall–Kier alpha value is -3.11. The molecule has 0 spiro atoms. The van der Waals surface area contributed by atoms with Crippen molar-refractivity contribution in [3.8, 4) is 11.5 Å². The largest absolute Gasteiger partial charge is 0.493 e. The lowest BCUT2D eigenvalue weighted by Gasteiger charge is -2.09. The second-order valence-electron chi connectivity index (χ2n) is 6.34. The fraction of sp³-hybridized carbons (Fsp3) is 0.238. The Morgan fingerprint density at radius 3 is 2.52 bits per heavy atom. The van der Waals surface area contributed by atoms with Gasteiger partial charge in [-0.15, -0.1) is 0 Å². The lowest BCUT2D eigenvalue weighted by Crippen LogP contribution is -2.17. The number of carbonyl (C=O) groups is 1. The summed E-state index contributed by atoms with van der Waals surface area (Å²) in [6.07, 6.45) is 4.96. The van der Waals surface area contributed by atoms with Crippen LogP contribution in [0.2, 0.25) is 0 Å². The number of benzene rings is 2. The zero-order valence-corrected chi connectivity index (χ0v) is 18.9.